The maximum atomic E-state index is 10.8. The summed E-state index contributed by atoms with van der Waals surface area (Å²) < 4.78 is 21.7. The molecule has 0 bridgehead atoms. The Balaban J connectivity index is 0.00000144. The summed E-state index contributed by atoms with van der Waals surface area (Å²) in [4.78, 5) is 2.48. The zero-order chi connectivity index (χ0) is 11.7. The van der Waals surface area contributed by atoms with Crippen LogP contribution in [0.15, 0.2) is 24.3 Å². The number of hydrogen-bond acceptors (Lipinski definition) is 3. The topological polar surface area (TPSA) is 37.4 Å². The van der Waals surface area contributed by atoms with Crippen LogP contribution in [0.1, 0.15) is 11.1 Å². The van der Waals surface area contributed by atoms with Crippen molar-refractivity contribution in [3.05, 3.63) is 35.4 Å². The highest BCUT2D eigenvalue weighted by Gasteiger charge is 2.10. The van der Waals surface area contributed by atoms with Gasteiger partial charge in [0.2, 0.25) is 10.3 Å². The summed E-state index contributed by atoms with van der Waals surface area (Å²) in [5, 5.41) is 0. The largest absolute Gasteiger partial charge is 0.378 e. The molecule has 0 aromatic heterocycles. The third-order valence-electron chi connectivity index (χ3n) is 2.67. The Morgan fingerprint density at radius 2 is 1.88 bits per heavy atom. The quantitative estimate of drug-likeness (QED) is 0.731. The summed E-state index contributed by atoms with van der Waals surface area (Å²) in [7, 11) is 1.87. The van der Waals surface area contributed by atoms with Gasteiger partial charge in [-0.1, -0.05) is 12.1 Å². The van der Waals surface area contributed by atoms with Crippen LogP contribution < -0.4 is 4.90 Å². The van der Waals surface area contributed by atoms with Crippen molar-refractivity contribution in [2.24, 2.45) is 0 Å². The highest BCUT2D eigenvalue weighted by atomic mass is 35.5. The molecule has 0 saturated carbocycles. The van der Waals surface area contributed by atoms with E-state index in [1.807, 2.05) is 37.2 Å². The van der Waals surface area contributed by atoms with Crippen molar-refractivity contribution in [1.29, 1.82) is 0 Å². The molecule has 0 heterocycles. The summed E-state index contributed by atoms with van der Waals surface area (Å²) in [5.41, 5.74) is 3.28. The molecule has 0 aliphatic heterocycles. The first kappa shape index (κ1) is 13.8. The van der Waals surface area contributed by atoms with Crippen LogP contribution in [0.5, 0.6) is 0 Å². The lowest BCUT2D eigenvalue weighted by Gasteiger charge is -2.16. The number of fused-ring (bicyclic) bond motifs is 1. The van der Waals surface area contributed by atoms with Gasteiger partial charge in [-0.25, -0.2) is 0 Å². The van der Waals surface area contributed by atoms with Gasteiger partial charge in [0.1, 0.15) is 0 Å². The van der Waals surface area contributed by atoms with Crippen LogP contribution in [0.4, 0.5) is 5.69 Å². The van der Waals surface area contributed by atoms with Crippen molar-refractivity contribution in [2.45, 2.75) is 6.42 Å². The second-order valence-electron chi connectivity index (χ2n) is 3.99. The smallest absolute Gasteiger partial charge is 0.217 e. The lowest BCUT2D eigenvalue weighted by Crippen LogP contribution is -2.11. The van der Waals surface area contributed by atoms with Crippen molar-refractivity contribution >= 4 is 39.3 Å². The molecular formula is C12H14ClNO2S. The molecule has 1 aliphatic rings. The zero-order valence-electron chi connectivity index (χ0n) is 9.67. The molecule has 0 atom stereocenters. The molecule has 92 valence electrons. The van der Waals surface area contributed by atoms with Gasteiger partial charge in [0.15, 0.2) is 0 Å². The van der Waals surface area contributed by atoms with Crippen LogP contribution in [-0.4, -0.2) is 27.4 Å². The summed E-state index contributed by atoms with van der Waals surface area (Å²) in [6.07, 6.45) is 4.03. The van der Waals surface area contributed by atoms with Crippen molar-refractivity contribution in [1.82, 2.24) is 0 Å². The first-order valence-corrected chi connectivity index (χ1v) is 6.09. The fourth-order valence-electron chi connectivity index (χ4n) is 1.72. The molecular weight excluding hydrogens is 258 g/mol. The lowest BCUT2D eigenvalue weighted by molar-refractivity contribution is 0.627. The van der Waals surface area contributed by atoms with E-state index >= 15 is 0 Å². The molecule has 0 unspecified atom stereocenters. The summed E-state index contributed by atoms with van der Waals surface area (Å²) in [6, 6.07) is 6.06. The molecule has 0 radical (unpaired) electrons. The van der Waals surface area contributed by atoms with E-state index in [0.717, 1.165) is 16.8 Å². The van der Waals surface area contributed by atoms with Gasteiger partial charge in [-0.15, -0.1) is 12.4 Å². The highest BCUT2D eigenvalue weighted by Crippen LogP contribution is 2.22. The molecule has 3 nitrogen and oxygen atoms in total. The summed E-state index contributed by atoms with van der Waals surface area (Å²) in [6.45, 7) is 0. The maximum Gasteiger partial charge on any atom is 0.217 e. The number of allylic oxidation sites excluding steroid dienone is 1. The average Bonchev–Trinajstić information content (AvgIpc) is 2.27. The lowest BCUT2D eigenvalue weighted by atomic mass is 9.97. The van der Waals surface area contributed by atoms with E-state index < -0.39 is 10.3 Å². The number of benzene rings is 1. The van der Waals surface area contributed by atoms with Gasteiger partial charge in [0.05, 0.1) is 4.86 Å². The molecule has 1 aromatic rings. The van der Waals surface area contributed by atoms with Gasteiger partial charge < -0.3 is 4.90 Å². The Hall–Kier alpha value is -1.26. The Morgan fingerprint density at radius 1 is 1.18 bits per heavy atom. The summed E-state index contributed by atoms with van der Waals surface area (Å²) in [5.74, 6) is 0. The average molecular weight is 272 g/mol. The van der Waals surface area contributed by atoms with E-state index in [2.05, 4.69) is 6.07 Å². The minimum atomic E-state index is -2.10. The van der Waals surface area contributed by atoms with E-state index in [0.29, 0.717) is 11.3 Å². The molecule has 17 heavy (non-hydrogen) atoms. The monoisotopic (exact) mass is 271 g/mol. The molecule has 1 aliphatic carbocycles. The first-order valence-electron chi connectivity index (χ1n) is 5.01. The fraction of sp³-hybridized carbons (Fsp3) is 0.250. The van der Waals surface area contributed by atoms with E-state index in [-0.39, 0.29) is 12.4 Å². The van der Waals surface area contributed by atoms with Crippen LogP contribution in [-0.2, 0) is 16.7 Å². The van der Waals surface area contributed by atoms with Crippen molar-refractivity contribution in [2.75, 3.05) is 19.0 Å². The van der Waals surface area contributed by atoms with Crippen molar-refractivity contribution < 1.29 is 8.42 Å². The number of rotatable bonds is 1. The highest BCUT2D eigenvalue weighted by molar-refractivity contribution is 7.73. The van der Waals surface area contributed by atoms with Gasteiger partial charge in [-0.05, 0) is 29.3 Å². The normalized spacial score (nSPS) is 12.7. The standard InChI is InChI=1S/C12H13NO2S.ClH/c1-13(2)11-5-3-10-8-12(16(14)15)6-4-9(10)7-11;/h3-7H,8H2,1-2H3;1H. The number of anilines is 1. The van der Waals surface area contributed by atoms with Crippen LogP contribution in [0.2, 0.25) is 0 Å². The van der Waals surface area contributed by atoms with Crippen LogP contribution in [0.25, 0.3) is 6.08 Å². The van der Waals surface area contributed by atoms with E-state index in [1.165, 1.54) is 0 Å². The van der Waals surface area contributed by atoms with Gasteiger partial charge in [-0.3, -0.25) is 0 Å². The Morgan fingerprint density at radius 3 is 2.47 bits per heavy atom. The number of halogens is 1. The molecule has 0 saturated heterocycles. The van der Waals surface area contributed by atoms with Gasteiger partial charge in [0.25, 0.3) is 0 Å². The Kier molecular flexibility index (Phi) is 4.37. The van der Waals surface area contributed by atoms with E-state index in [9.17, 15) is 8.42 Å². The third-order valence-corrected chi connectivity index (χ3v) is 3.38. The van der Waals surface area contributed by atoms with Crippen molar-refractivity contribution in [3.63, 3.8) is 0 Å². The SMILES string of the molecule is CN(C)c1ccc2c(c1)C=CC(=S(=O)=O)C2.Cl. The van der Waals surface area contributed by atoms with Crippen molar-refractivity contribution in [3.8, 4) is 0 Å². The van der Waals surface area contributed by atoms with E-state index in [1.54, 1.807) is 6.08 Å². The maximum absolute atomic E-state index is 10.8. The first-order chi connectivity index (χ1) is 7.58. The zero-order valence-corrected chi connectivity index (χ0v) is 11.3. The minimum absolute atomic E-state index is 0. The minimum Gasteiger partial charge on any atom is -0.378 e. The Labute approximate surface area is 109 Å². The molecule has 0 amide bonds. The molecule has 0 fully saturated rings. The molecule has 5 heteroatoms. The van der Waals surface area contributed by atoms with Crippen LogP contribution in [0.3, 0.4) is 0 Å². The summed E-state index contributed by atoms with van der Waals surface area (Å²) >= 11 is 0. The van der Waals surface area contributed by atoms with E-state index in [4.69, 9.17) is 0 Å². The third kappa shape index (κ3) is 2.90. The molecule has 2 rings (SSSR count). The second kappa shape index (κ2) is 5.38. The number of hydrogen-bond donors (Lipinski definition) is 0. The predicted molar refractivity (Wildman–Crippen MR) is 74.7 cm³/mol. The second-order valence-corrected chi connectivity index (χ2v) is 4.98. The molecule has 0 N–H and O–H groups in total. The van der Waals surface area contributed by atoms with Gasteiger partial charge in [0, 0.05) is 26.2 Å². The molecule has 1 aromatic carbocycles. The van der Waals surface area contributed by atoms with Gasteiger partial charge in [-0.2, -0.15) is 8.42 Å². The predicted octanol–water partition coefficient (Wildman–Crippen LogP) is 1.80. The molecule has 0 spiro atoms. The van der Waals surface area contributed by atoms with Crippen LogP contribution >= 0.6 is 12.4 Å². The fourth-order valence-corrected chi connectivity index (χ4v) is 2.17. The van der Waals surface area contributed by atoms with Crippen LogP contribution in [0, 0.1) is 0 Å². The van der Waals surface area contributed by atoms with Gasteiger partial charge >= 0.3 is 0 Å². The Bertz CT molecular complexity index is 581. The number of nitrogens with zero attached hydrogens (tertiary/aromatic N) is 1.